The van der Waals surface area contributed by atoms with Gasteiger partial charge in [0.25, 0.3) is 0 Å². The van der Waals surface area contributed by atoms with Crippen LogP contribution in [0.15, 0.2) is 18.2 Å². The largest absolute Gasteiger partial charge is 0.461 e. The molecule has 1 aromatic rings. The molecule has 1 aliphatic heterocycles. The molecule has 0 radical (unpaired) electrons. The maximum absolute atomic E-state index is 13.5. The van der Waals surface area contributed by atoms with Gasteiger partial charge in [0.1, 0.15) is 11.6 Å². The van der Waals surface area contributed by atoms with Gasteiger partial charge in [-0.3, -0.25) is 19.4 Å². The Balaban J connectivity index is 1.72. The molecule has 1 aliphatic carbocycles. The zero-order chi connectivity index (χ0) is 21.9. The van der Waals surface area contributed by atoms with Gasteiger partial charge in [-0.1, -0.05) is 24.6 Å². The number of ether oxygens (including phenoxy) is 1. The van der Waals surface area contributed by atoms with Crippen molar-refractivity contribution in [3.05, 3.63) is 29.3 Å². The number of carbonyl (C=O) groups is 2. The van der Waals surface area contributed by atoms with Crippen LogP contribution >= 0.6 is 0 Å². The van der Waals surface area contributed by atoms with E-state index >= 15 is 0 Å². The van der Waals surface area contributed by atoms with Gasteiger partial charge in [-0.25, -0.2) is 0 Å². The van der Waals surface area contributed by atoms with E-state index in [1.54, 1.807) is 0 Å². The lowest BCUT2D eigenvalue weighted by Crippen LogP contribution is -2.62. The quantitative estimate of drug-likeness (QED) is 0.746. The average molecular weight is 416 g/mol. The van der Waals surface area contributed by atoms with Crippen molar-refractivity contribution < 1.29 is 14.3 Å². The third kappa shape index (κ3) is 4.70. The number of carbonyl (C=O) groups excluding carboxylic acids is 2. The van der Waals surface area contributed by atoms with Gasteiger partial charge in [0.15, 0.2) is 0 Å². The fourth-order valence-electron chi connectivity index (χ4n) is 5.19. The number of benzene rings is 1. The molecule has 166 valence electrons. The number of likely N-dealkylation sites (tertiary alicyclic amines) is 1. The third-order valence-corrected chi connectivity index (χ3v) is 7.08. The Morgan fingerprint density at radius 2 is 1.70 bits per heavy atom. The molecule has 30 heavy (non-hydrogen) atoms. The molecule has 0 spiro atoms. The van der Waals surface area contributed by atoms with E-state index in [4.69, 9.17) is 4.74 Å². The number of para-hydroxylation sites is 1. The third-order valence-electron chi connectivity index (χ3n) is 7.08. The Morgan fingerprint density at radius 1 is 1.10 bits per heavy atom. The maximum Gasteiger partial charge on any atom is 0.302 e. The first-order chi connectivity index (χ1) is 14.2. The lowest BCUT2D eigenvalue weighted by atomic mass is 9.82. The molecule has 0 bridgehead atoms. The number of hydrogen-bond acceptors (Lipinski definition) is 5. The normalized spacial score (nSPS) is 24.5. The predicted molar refractivity (Wildman–Crippen MR) is 120 cm³/mol. The summed E-state index contributed by atoms with van der Waals surface area (Å²) in [6.45, 7) is 7.23. The number of nitrogens with zero attached hydrogens (tertiary/aromatic N) is 2. The molecule has 1 saturated carbocycles. The molecule has 3 rings (SSSR count). The highest BCUT2D eigenvalue weighted by molar-refractivity contribution is 5.99. The molecule has 1 aromatic carbocycles. The van der Waals surface area contributed by atoms with Crippen molar-refractivity contribution in [2.45, 2.75) is 77.0 Å². The molecule has 6 nitrogen and oxygen atoms in total. The summed E-state index contributed by atoms with van der Waals surface area (Å²) in [5, 5.41) is 3.23. The standard InChI is InChI=1S/C24H37N3O3/c1-17-9-8-10-18(2)22(17)25-23(29)24(26(4)5)13-15-27(16-14-24)20-11-6-7-12-21(20)30-19(3)28/h8-10,20-21H,6-7,11-16H2,1-5H3,(H,25,29). The van der Waals surface area contributed by atoms with Crippen molar-refractivity contribution in [3.8, 4) is 0 Å². The smallest absolute Gasteiger partial charge is 0.302 e. The average Bonchev–Trinajstić information content (AvgIpc) is 2.70. The molecular weight excluding hydrogens is 378 g/mol. The Kier molecular flexibility index (Phi) is 7.19. The van der Waals surface area contributed by atoms with E-state index in [0.717, 1.165) is 62.0 Å². The van der Waals surface area contributed by atoms with Gasteiger partial charge in [0, 0.05) is 31.7 Å². The van der Waals surface area contributed by atoms with E-state index < -0.39 is 5.54 Å². The molecule has 1 saturated heterocycles. The fourth-order valence-corrected chi connectivity index (χ4v) is 5.19. The number of aryl methyl sites for hydroxylation is 2. The predicted octanol–water partition coefficient (Wildman–Crippen LogP) is 3.51. The molecule has 2 aliphatic rings. The zero-order valence-corrected chi connectivity index (χ0v) is 19.2. The molecule has 1 heterocycles. The van der Waals surface area contributed by atoms with Gasteiger partial charge in [-0.05, 0) is 71.2 Å². The first kappa shape index (κ1) is 22.8. The van der Waals surface area contributed by atoms with Crippen molar-refractivity contribution in [2.24, 2.45) is 0 Å². The van der Waals surface area contributed by atoms with E-state index in [-0.39, 0.29) is 24.0 Å². The van der Waals surface area contributed by atoms with E-state index in [1.807, 2.05) is 46.1 Å². The van der Waals surface area contributed by atoms with E-state index in [9.17, 15) is 9.59 Å². The van der Waals surface area contributed by atoms with Crippen molar-refractivity contribution in [3.63, 3.8) is 0 Å². The van der Waals surface area contributed by atoms with Crippen LogP contribution in [-0.4, -0.2) is 66.5 Å². The van der Waals surface area contributed by atoms with Crippen molar-refractivity contribution in [2.75, 3.05) is 32.5 Å². The van der Waals surface area contributed by atoms with Crippen LogP contribution in [0.4, 0.5) is 5.69 Å². The van der Waals surface area contributed by atoms with Gasteiger partial charge in [0.05, 0.1) is 0 Å². The van der Waals surface area contributed by atoms with E-state index in [0.29, 0.717) is 0 Å². The maximum atomic E-state index is 13.5. The molecule has 0 aromatic heterocycles. The second-order valence-electron chi connectivity index (χ2n) is 9.18. The van der Waals surface area contributed by atoms with Crippen LogP contribution in [0.1, 0.15) is 56.6 Å². The first-order valence-electron chi connectivity index (χ1n) is 11.2. The fraction of sp³-hybridized carbons (Fsp3) is 0.667. The number of rotatable bonds is 5. The highest BCUT2D eigenvalue weighted by Gasteiger charge is 2.45. The topological polar surface area (TPSA) is 61.9 Å². The number of anilines is 1. The summed E-state index contributed by atoms with van der Waals surface area (Å²) >= 11 is 0. The molecule has 2 unspecified atom stereocenters. The zero-order valence-electron chi connectivity index (χ0n) is 19.2. The van der Waals surface area contributed by atoms with Crippen LogP contribution in [0.25, 0.3) is 0 Å². The summed E-state index contributed by atoms with van der Waals surface area (Å²) in [6.07, 6.45) is 5.78. The summed E-state index contributed by atoms with van der Waals surface area (Å²) in [7, 11) is 4.00. The molecular formula is C24H37N3O3. The van der Waals surface area contributed by atoms with Gasteiger partial charge in [-0.2, -0.15) is 0 Å². The highest BCUT2D eigenvalue weighted by atomic mass is 16.5. The Morgan fingerprint density at radius 3 is 2.27 bits per heavy atom. The number of nitrogens with one attached hydrogen (secondary N) is 1. The lowest BCUT2D eigenvalue weighted by molar-refractivity contribution is -0.153. The summed E-state index contributed by atoms with van der Waals surface area (Å²) < 4.78 is 5.64. The van der Waals surface area contributed by atoms with Crippen LogP contribution in [0, 0.1) is 13.8 Å². The van der Waals surface area contributed by atoms with Crippen molar-refractivity contribution >= 4 is 17.6 Å². The van der Waals surface area contributed by atoms with Crippen LogP contribution in [0.2, 0.25) is 0 Å². The minimum atomic E-state index is -0.531. The number of piperidine rings is 1. The highest BCUT2D eigenvalue weighted by Crippen LogP contribution is 2.34. The molecule has 2 atom stereocenters. The van der Waals surface area contributed by atoms with Gasteiger partial charge >= 0.3 is 5.97 Å². The minimum absolute atomic E-state index is 0.0217. The molecule has 1 amide bonds. The van der Waals surface area contributed by atoms with Crippen LogP contribution in [-0.2, 0) is 14.3 Å². The van der Waals surface area contributed by atoms with Gasteiger partial charge < -0.3 is 10.1 Å². The summed E-state index contributed by atoms with van der Waals surface area (Å²) in [5.74, 6) is -0.121. The summed E-state index contributed by atoms with van der Waals surface area (Å²) in [6, 6.07) is 6.35. The van der Waals surface area contributed by atoms with Crippen molar-refractivity contribution in [1.29, 1.82) is 0 Å². The summed E-state index contributed by atoms with van der Waals surface area (Å²) in [4.78, 5) is 29.6. The van der Waals surface area contributed by atoms with E-state index in [2.05, 4.69) is 15.1 Å². The van der Waals surface area contributed by atoms with E-state index in [1.165, 1.54) is 13.3 Å². The Bertz CT molecular complexity index is 749. The van der Waals surface area contributed by atoms with Gasteiger partial charge in [-0.15, -0.1) is 0 Å². The van der Waals surface area contributed by atoms with Crippen molar-refractivity contribution in [1.82, 2.24) is 9.80 Å². The second kappa shape index (κ2) is 9.48. The number of hydrogen-bond donors (Lipinski definition) is 1. The monoisotopic (exact) mass is 415 g/mol. The van der Waals surface area contributed by atoms with Crippen LogP contribution in [0.5, 0.6) is 0 Å². The van der Waals surface area contributed by atoms with Crippen LogP contribution in [0.3, 0.4) is 0 Å². The summed E-state index contributed by atoms with van der Waals surface area (Å²) in [5.41, 5.74) is 2.56. The SMILES string of the molecule is CC(=O)OC1CCCCC1N1CCC(C(=O)Nc2c(C)cccc2C)(N(C)C)CC1. The first-order valence-corrected chi connectivity index (χ1v) is 11.2. The number of likely N-dealkylation sites (N-methyl/N-ethyl adjacent to an activating group) is 1. The molecule has 6 heteroatoms. The number of esters is 1. The lowest BCUT2D eigenvalue weighted by Gasteiger charge is -2.48. The Hall–Kier alpha value is -1.92. The number of amides is 1. The van der Waals surface area contributed by atoms with Crippen LogP contribution < -0.4 is 5.32 Å². The Labute approximate surface area is 180 Å². The molecule has 2 fully saturated rings. The minimum Gasteiger partial charge on any atom is -0.461 e. The van der Waals surface area contributed by atoms with Gasteiger partial charge in [0.2, 0.25) is 5.91 Å². The molecule has 1 N–H and O–H groups in total. The second-order valence-corrected chi connectivity index (χ2v) is 9.18.